The maximum absolute atomic E-state index is 10.7. The average molecular weight is 419 g/mol. The molecule has 0 aromatic carbocycles. The summed E-state index contributed by atoms with van der Waals surface area (Å²) in [4.78, 5) is 19.8. The number of anilines is 1. The number of hydrogen-bond donors (Lipinski definition) is 3. The molecule has 4 rings (SSSR count). The molecule has 2 aromatic heterocycles. The first-order chi connectivity index (χ1) is 14.0. The van der Waals surface area contributed by atoms with Gasteiger partial charge in [0.15, 0.2) is 0 Å². The predicted octanol–water partition coefficient (Wildman–Crippen LogP) is 2.88. The molecule has 0 unspecified atom stereocenters. The van der Waals surface area contributed by atoms with Gasteiger partial charge < -0.3 is 15.7 Å². The Morgan fingerprint density at radius 1 is 1.21 bits per heavy atom. The van der Waals surface area contributed by atoms with Crippen molar-refractivity contribution in [2.24, 2.45) is 13.0 Å². The Labute approximate surface area is 175 Å². The van der Waals surface area contributed by atoms with Crippen LogP contribution in [0.1, 0.15) is 44.2 Å². The molecule has 2 fully saturated rings. The number of carboxylic acid groups (broad SMARTS) is 1. The van der Waals surface area contributed by atoms with Crippen molar-refractivity contribution in [3.8, 4) is 11.3 Å². The molecule has 156 valence electrons. The van der Waals surface area contributed by atoms with E-state index in [2.05, 4.69) is 20.7 Å². The van der Waals surface area contributed by atoms with Gasteiger partial charge in [0.2, 0.25) is 5.95 Å². The minimum atomic E-state index is -0.816. The molecule has 2 aliphatic carbocycles. The minimum absolute atomic E-state index is 0.0146. The summed E-state index contributed by atoms with van der Waals surface area (Å²) in [5.41, 5.74) is 2.88. The van der Waals surface area contributed by atoms with Crippen LogP contribution in [0.2, 0.25) is 5.02 Å². The summed E-state index contributed by atoms with van der Waals surface area (Å²) in [7, 11) is 1.96. The lowest BCUT2D eigenvalue weighted by atomic mass is 9.91. The van der Waals surface area contributed by atoms with Crippen molar-refractivity contribution in [2.45, 2.75) is 57.0 Å². The van der Waals surface area contributed by atoms with Crippen LogP contribution in [0.4, 0.5) is 5.95 Å². The normalized spacial score (nSPS) is 21.9. The molecular formula is C20H27ClN6O2. The maximum Gasteiger partial charge on any atom is 0.317 e. The molecule has 0 amide bonds. The van der Waals surface area contributed by atoms with Gasteiger partial charge in [-0.05, 0) is 50.9 Å². The van der Waals surface area contributed by atoms with E-state index in [9.17, 15) is 4.79 Å². The first-order valence-electron chi connectivity index (χ1n) is 10.2. The van der Waals surface area contributed by atoms with E-state index >= 15 is 0 Å². The highest BCUT2D eigenvalue weighted by atomic mass is 35.5. The van der Waals surface area contributed by atoms with Crippen LogP contribution in [0.25, 0.3) is 11.3 Å². The first-order valence-corrected chi connectivity index (χ1v) is 10.6. The third kappa shape index (κ3) is 5.05. The average Bonchev–Trinajstić information content (AvgIpc) is 3.45. The smallest absolute Gasteiger partial charge is 0.317 e. The van der Waals surface area contributed by atoms with Crippen molar-refractivity contribution in [1.82, 2.24) is 25.1 Å². The fourth-order valence-corrected chi connectivity index (χ4v) is 4.17. The summed E-state index contributed by atoms with van der Waals surface area (Å²) in [5.74, 6) is 0.503. The molecule has 2 saturated carbocycles. The lowest BCUT2D eigenvalue weighted by molar-refractivity contribution is -0.136. The van der Waals surface area contributed by atoms with E-state index in [0.29, 0.717) is 11.0 Å². The van der Waals surface area contributed by atoms with Crippen LogP contribution in [-0.2, 0) is 18.3 Å². The molecule has 8 nitrogen and oxygen atoms in total. The number of aryl methyl sites for hydroxylation is 1. The zero-order chi connectivity index (χ0) is 20.4. The summed E-state index contributed by atoms with van der Waals surface area (Å²) < 4.78 is 1.92. The highest BCUT2D eigenvalue weighted by Crippen LogP contribution is 2.37. The van der Waals surface area contributed by atoms with Crippen LogP contribution in [0.3, 0.4) is 0 Å². The van der Waals surface area contributed by atoms with E-state index in [1.54, 1.807) is 6.20 Å². The summed E-state index contributed by atoms with van der Waals surface area (Å²) in [5, 5.41) is 20.3. The molecule has 9 heteroatoms. The number of nitrogens with zero attached hydrogens (tertiary/aromatic N) is 4. The molecule has 0 aliphatic heterocycles. The number of aromatic nitrogens is 4. The number of rotatable bonds is 8. The van der Waals surface area contributed by atoms with Crippen molar-refractivity contribution in [3.05, 3.63) is 23.1 Å². The summed E-state index contributed by atoms with van der Waals surface area (Å²) in [6.45, 7) is 0.0146. The number of aliphatic carboxylic acids is 1. The number of nitrogens with one attached hydrogen (secondary N) is 2. The number of hydrogen-bond acceptors (Lipinski definition) is 6. The van der Waals surface area contributed by atoms with Gasteiger partial charge in [-0.2, -0.15) is 5.10 Å². The number of carboxylic acids is 1. The van der Waals surface area contributed by atoms with E-state index in [1.165, 1.54) is 18.5 Å². The first kappa shape index (κ1) is 20.1. The van der Waals surface area contributed by atoms with E-state index in [4.69, 9.17) is 21.7 Å². The van der Waals surface area contributed by atoms with Crippen molar-refractivity contribution in [2.75, 3.05) is 11.9 Å². The van der Waals surface area contributed by atoms with E-state index in [0.717, 1.165) is 49.3 Å². The molecule has 2 aromatic rings. The van der Waals surface area contributed by atoms with E-state index in [-0.39, 0.29) is 18.6 Å². The SMILES string of the molecule is Cn1ncc(-c2nc(NC3CCC(NCC(=O)O)CC3)ncc2Cl)c1CC1CC1. The predicted molar refractivity (Wildman–Crippen MR) is 111 cm³/mol. The van der Waals surface area contributed by atoms with Crippen molar-refractivity contribution in [1.29, 1.82) is 0 Å². The highest BCUT2D eigenvalue weighted by molar-refractivity contribution is 6.32. The van der Waals surface area contributed by atoms with Gasteiger partial charge in [-0.1, -0.05) is 11.6 Å². The molecular weight excluding hydrogens is 392 g/mol. The molecule has 0 radical (unpaired) electrons. The number of carbonyl (C=O) groups is 1. The molecule has 2 heterocycles. The van der Waals surface area contributed by atoms with Gasteiger partial charge in [0.1, 0.15) is 0 Å². The second-order valence-corrected chi connectivity index (χ2v) is 8.54. The lowest BCUT2D eigenvalue weighted by Gasteiger charge is -2.29. The Balaban J connectivity index is 1.42. The Morgan fingerprint density at radius 3 is 2.62 bits per heavy atom. The minimum Gasteiger partial charge on any atom is -0.480 e. The molecule has 0 spiro atoms. The maximum atomic E-state index is 10.7. The fraction of sp³-hybridized carbons (Fsp3) is 0.600. The summed E-state index contributed by atoms with van der Waals surface area (Å²) in [6.07, 6.45) is 10.8. The van der Waals surface area contributed by atoms with Crippen LogP contribution in [0, 0.1) is 5.92 Å². The topological polar surface area (TPSA) is 105 Å². The largest absolute Gasteiger partial charge is 0.480 e. The van der Waals surface area contributed by atoms with Crippen LogP contribution in [-0.4, -0.2) is 49.5 Å². The highest BCUT2D eigenvalue weighted by Gasteiger charge is 2.26. The zero-order valence-corrected chi connectivity index (χ0v) is 17.3. The van der Waals surface area contributed by atoms with Crippen LogP contribution < -0.4 is 10.6 Å². The Kier molecular flexibility index (Phi) is 6.01. The molecule has 0 bridgehead atoms. The summed E-state index contributed by atoms with van der Waals surface area (Å²) in [6, 6.07) is 0.526. The standard InChI is InChI=1S/C20H27ClN6O2/c1-27-17(8-12-2-3-12)15(9-24-27)19-16(21)10-23-20(26-19)25-14-6-4-13(5-7-14)22-11-18(28)29/h9-10,12-14,22H,2-8,11H2,1H3,(H,28,29)(H,23,25,26). The van der Waals surface area contributed by atoms with Crippen molar-refractivity contribution >= 4 is 23.5 Å². The van der Waals surface area contributed by atoms with Gasteiger partial charge in [-0.25, -0.2) is 9.97 Å². The van der Waals surface area contributed by atoms with E-state index < -0.39 is 5.97 Å². The van der Waals surface area contributed by atoms with E-state index in [1.807, 2.05) is 17.9 Å². The third-order valence-corrected chi connectivity index (χ3v) is 6.12. The zero-order valence-electron chi connectivity index (χ0n) is 16.6. The van der Waals surface area contributed by atoms with Crippen LogP contribution >= 0.6 is 11.6 Å². The second kappa shape index (κ2) is 8.67. The lowest BCUT2D eigenvalue weighted by Crippen LogP contribution is -2.39. The fourth-order valence-electron chi connectivity index (χ4n) is 3.98. The van der Waals surface area contributed by atoms with Crippen LogP contribution in [0.15, 0.2) is 12.4 Å². The molecule has 2 aliphatic rings. The van der Waals surface area contributed by atoms with Gasteiger partial charge >= 0.3 is 5.97 Å². The Morgan fingerprint density at radius 2 is 1.93 bits per heavy atom. The van der Waals surface area contributed by atoms with Gasteiger partial charge in [0.25, 0.3) is 0 Å². The molecule has 0 atom stereocenters. The molecule has 0 saturated heterocycles. The van der Waals surface area contributed by atoms with Gasteiger partial charge in [-0.15, -0.1) is 0 Å². The van der Waals surface area contributed by atoms with Crippen molar-refractivity contribution < 1.29 is 9.90 Å². The van der Waals surface area contributed by atoms with Gasteiger partial charge in [0.05, 0.1) is 29.7 Å². The Hall–Kier alpha value is -2.19. The second-order valence-electron chi connectivity index (χ2n) is 8.13. The van der Waals surface area contributed by atoms with Crippen molar-refractivity contribution in [3.63, 3.8) is 0 Å². The summed E-state index contributed by atoms with van der Waals surface area (Å²) >= 11 is 6.44. The molecule has 3 N–H and O–H groups in total. The van der Waals surface area contributed by atoms with Gasteiger partial charge in [-0.3, -0.25) is 9.48 Å². The monoisotopic (exact) mass is 418 g/mol. The number of halogens is 1. The molecule has 29 heavy (non-hydrogen) atoms. The van der Waals surface area contributed by atoms with Crippen LogP contribution in [0.5, 0.6) is 0 Å². The quantitative estimate of drug-likeness (QED) is 0.605. The van der Waals surface area contributed by atoms with Gasteiger partial charge in [0, 0.05) is 30.4 Å². The third-order valence-electron chi connectivity index (χ3n) is 5.84. The Bertz CT molecular complexity index is 874.